The van der Waals surface area contributed by atoms with Crippen molar-refractivity contribution >= 4 is 11.8 Å². The van der Waals surface area contributed by atoms with Crippen molar-refractivity contribution in [1.29, 1.82) is 0 Å². The van der Waals surface area contributed by atoms with Gasteiger partial charge < -0.3 is 4.74 Å². The lowest BCUT2D eigenvalue weighted by Crippen LogP contribution is -2.07. The maximum absolute atomic E-state index is 11.2. The molecule has 0 aliphatic carbocycles. The van der Waals surface area contributed by atoms with E-state index in [1.807, 2.05) is 0 Å². The third-order valence-electron chi connectivity index (χ3n) is 2.08. The van der Waals surface area contributed by atoms with E-state index < -0.39 is 0 Å². The van der Waals surface area contributed by atoms with Gasteiger partial charge in [-0.05, 0) is 18.6 Å². The zero-order valence-electron chi connectivity index (χ0n) is 9.23. The van der Waals surface area contributed by atoms with Gasteiger partial charge in [-0.15, -0.1) is 0 Å². The molecule has 0 radical (unpaired) electrons. The van der Waals surface area contributed by atoms with Gasteiger partial charge >= 0.3 is 5.97 Å². The van der Waals surface area contributed by atoms with Gasteiger partial charge in [-0.2, -0.15) is 0 Å². The number of ether oxygens (including phenoxy) is 1. The van der Waals surface area contributed by atoms with Crippen LogP contribution in [0.3, 0.4) is 0 Å². The summed E-state index contributed by atoms with van der Waals surface area (Å²) in [6.45, 7) is 5.56. The van der Waals surface area contributed by atoms with Crippen LogP contribution in [0, 0.1) is 0 Å². The summed E-state index contributed by atoms with van der Waals surface area (Å²) in [4.78, 5) is 22.4. The number of allylic oxidation sites excluding steroid dienone is 1. The number of benzene rings is 1. The molecule has 0 aliphatic heterocycles. The van der Waals surface area contributed by atoms with Crippen LogP contribution in [0.2, 0.25) is 0 Å². The minimum atomic E-state index is -0.259. The van der Waals surface area contributed by atoms with Crippen molar-refractivity contribution in [3.63, 3.8) is 0 Å². The van der Waals surface area contributed by atoms with Crippen LogP contribution in [0.25, 0.3) is 0 Å². The fourth-order valence-electron chi connectivity index (χ4n) is 1.28. The van der Waals surface area contributed by atoms with E-state index in [4.69, 9.17) is 4.74 Å². The van der Waals surface area contributed by atoms with E-state index in [9.17, 15) is 9.59 Å². The summed E-state index contributed by atoms with van der Waals surface area (Å²) in [5.74, 6) is -0.381. The first-order valence-corrected chi connectivity index (χ1v) is 5.08. The molecule has 0 N–H and O–H groups in total. The van der Waals surface area contributed by atoms with E-state index in [0.717, 1.165) is 5.56 Å². The Hall–Kier alpha value is -1.90. The number of hydrogen-bond acceptors (Lipinski definition) is 3. The second kappa shape index (κ2) is 5.85. The normalized spacial score (nSPS) is 9.56. The smallest absolute Gasteiger partial charge is 0.310 e. The summed E-state index contributed by atoms with van der Waals surface area (Å²) < 4.78 is 4.82. The molecule has 84 valence electrons. The standard InChI is InChI=1S/C13H14O3/c1-3-12(14)11-7-5-10(6-8-11)9-13(15)16-4-2/h3,5-8H,1,4,9H2,2H3. The predicted octanol–water partition coefficient (Wildman–Crippen LogP) is 2.16. The molecular weight excluding hydrogens is 204 g/mol. The summed E-state index contributed by atoms with van der Waals surface area (Å²) >= 11 is 0. The molecule has 16 heavy (non-hydrogen) atoms. The largest absolute Gasteiger partial charge is 0.466 e. The molecule has 3 nitrogen and oxygen atoms in total. The monoisotopic (exact) mass is 218 g/mol. The molecule has 0 unspecified atom stereocenters. The Labute approximate surface area is 94.7 Å². The van der Waals surface area contributed by atoms with E-state index in [0.29, 0.717) is 12.2 Å². The zero-order valence-corrected chi connectivity index (χ0v) is 9.23. The molecule has 1 aromatic carbocycles. The molecule has 0 atom stereocenters. The minimum Gasteiger partial charge on any atom is -0.466 e. The highest BCUT2D eigenvalue weighted by Gasteiger charge is 2.05. The number of ketones is 1. The lowest BCUT2D eigenvalue weighted by molar-refractivity contribution is -0.142. The van der Waals surface area contributed by atoms with E-state index in [2.05, 4.69) is 6.58 Å². The molecule has 0 aliphatic rings. The Morgan fingerprint density at radius 1 is 1.31 bits per heavy atom. The highest BCUT2D eigenvalue weighted by Crippen LogP contribution is 2.07. The second-order valence-electron chi connectivity index (χ2n) is 3.25. The quantitative estimate of drug-likeness (QED) is 0.432. The molecular formula is C13H14O3. The lowest BCUT2D eigenvalue weighted by Gasteiger charge is -2.02. The molecule has 0 fully saturated rings. The third-order valence-corrected chi connectivity index (χ3v) is 2.08. The summed E-state index contributed by atoms with van der Waals surface area (Å²) in [5.41, 5.74) is 1.40. The Bertz CT molecular complexity index is 390. The molecule has 0 amide bonds. The highest BCUT2D eigenvalue weighted by molar-refractivity contribution is 6.04. The highest BCUT2D eigenvalue weighted by atomic mass is 16.5. The molecule has 0 heterocycles. The van der Waals surface area contributed by atoms with Gasteiger partial charge in [0.15, 0.2) is 5.78 Å². The Kier molecular flexibility index (Phi) is 4.45. The summed E-state index contributed by atoms with van der Waals surface area (Å²) in [5, 5.41) is 0. The number of carbonyl (C=O) groups is 2. The molecule has 0 spiro atoms. The van der Waals surface area contributed by atoms with Gasteiger partial charge in [0, 0.05) is 5.56 Å². The Morgan fingerprint density at radius 2 is 1.94 bits per heavy atom. The summed E-state index contributed by atoms with van der Waals surface area (Å²) in [7, 11) is 0. The molecule has 0 saturated heterocycles. The molecule has 1 rings (SSSR count). The van der Waals surface area contributed by atoms with Crippen molar-refractivity contribution in [2.24, 2.45) is 0 Å². The molecule has 0 bridgehead atoms. The van der Waals surface area contributed by atoms with E-state index >= 15 is 0 Å². The minimum absolute atomic E-state index is 0.123. The number of esters is 1. The molecule has 3 heteroatoms. The molecule has 1 aromatic rings. The van der Waals surface area contributed by atoms with Gasteiger partial charge in [-0.25, -0.2) is 0 Å². The zero-order chi connectivity index (χ0) is 12.0. The second-order valence-corrected chi connectivity index (χ2v) is 3.25. The SMILES string of the molecule is C=CC(=O)c1ccc(CC(=O)OCC)cc1. The van der Waals surface area contributed by atoms with Crippen molar-refractivity contribution in [3.05, 3.63) is 48.0 Å². The number of rotatable bonds is 5. The lowest BCUT2D eigenvalue weighted by atomic mass is 10.1. The van der Waals surface area contributed by atoms with Gasteiger partial charge in [-0.1, -0.05) is 30.8 Å². The van der Waals surface area contributed by atoms with Crippen LogP contribution in [-0.4, -0.2) is 18.4 Å². The van der Waals surface area contributed by atoms with Crippen LogP contribution < -0.4 is 0 Å². The first kappa shape index (κ1) is 12.2. The van der Waals surface area contributed by atoms with Gasteiger partial charge in [0.25, 0.3) is 0 Å². The van der Waals surface area contributed by atoms with Crippen LogP contribution in [0.4, 0.5) is 0 Å². The van der Waals surface area contributed by atoms with Crippen LogP contribution in [0.5, 0.6) is 0 Å². The van der Waals surface area contributed by atoms with Gasteiger partial charge in [0.05, 0.1) is 13.0 Å². The van der Waals surface area contributed by atoms with Crippen LogP contribution in [0.1, 0.15) is 22.8 Å². The molecule has 0 aromatic heterocycles. The summed E-state index contributed by atoms with van der Waals surface area (Å²) in [6, 6.07) is 6.85. The van der Waals surface area contributed by atoms with Crippen LogP contribution in [-0.2, 0) is 16.0 Å². The van der Waals surface area contributed by atoms with Gasteiger partial charge in [0.2, 0.25) is 0 Å². The average molecular weight is 218 g/mol. The van der Waals surface area contributed by atoms with E-state index in [1.165, 1.54) is 6.08 Å². The van der Waals surface area contributed by atoms with Crippen LogP contribution in [0.15, 0.2) is 36.9 Å². The average Bonchev–Trinajstić information content (AvgIpc) is 2.29. The maximum atomic E-state index is 11.2. The third kappa shape index (κ3) is 3.35. The number of carbonyl (C=O) groups excluding carboxylic acids is 2. The Balaban J connectivity index is 2.68. The number of hydrogen-bond donors (Lipinski definition) is 0. The molecule has 0 saturated carbocycles. The van der Waals surface area contributed by atoms with Crippen molar-refractivity contribution in [2.75, 3.05) is 6.61 Å². The van der Waals surface area contributed by atoms with Crippen LogP contribution >= 0.6 is 0 Å². The van der Waals surface area contributed by atoms with E-state index in [-0.39, 0.29) is 18.2 Å². The topological polar surface area (TPSA) is 43.4 Å². The first-order valence-electron chi connectivity index (χ1n) is 5.08. The van der Waals surface area contributed by atoms with Crippen molar-refractivity contribution in [1.82, 2.24) is 0 Å². The van der Waals surface area contributed by atoms with Crippen molar-refractivity contribution in [2.45, 2.75) is 13.3 Å². The summed E-state index contributed by atoms with van der Waals surface area (Å²) in [6.07, 6.45) is 1.50. The van der Waals surface area contributed by atoms with Gasteiger partial charge in [0.1, 0.15) is 0 Å². The van der Waals surface area contributed by atoms with Crippen molar-refractivity contribution in [3.8, 4) is 0 Å². The fourth-order valence-corrected chi connectivity index (χ4v) is 1.28. The fraction of sp³-hybridized carbons (Fsp3) is 0.231. The van der Waals surface area contributed by atoms with Gasteiger partial charge in [-0.3, -0.25) is 9.59 Å². The predicted molar refractivity (Wildman–Crippen MR) is 61.3 cm³/mol. The Morgan fingerprint density at radius 3 is 2.44 bits per heavy atom. The first-order chi connectivity index (χ1) is 7.67. The maximum Gasteiger partial charge on any atom is 0.310 e. The van der Waals surface area contributed by atoms with Crippen molar-refractivity contribution < 1.29 is 14.3 Å². The van der Waals surface area contributed by atoms with E-state index in [1.54, 1.807) is 31.2 Å².